The number of hydrogen-bond donors (Lipinski definition) is 1. The first kappa shape index (κ1) is 13.9. The summed E-state index contributed by atoms with van der Waals surface area (Å²) in [7, 11) is 0. The predicted octanol–water partition coefficient (Wildman–Crippen LogP) is 2.68. The van der Waals surface area contributed by atoms with Gasteiger partial charge in [-0.2, -0.15) is 0 Å². The smallest absolute Gasteiger partial charge is 0.244 e. The summed E-state index contributed by atoms with van der Waals surface area (Å²) in [6.45, 7) is 0.105. The first-order valence-corrected chi connectivity index (χ1v) is 7.91. The van der Waals surface area contributed by atoms with Crippen molar-refractivity contribution in [3.8, 4) is 0 Å². The third-order valence-corrected chi connectivity index (χ3v) is 4.46. The Morgan fingerprint density at radius 2 is 2.22 bits per heavy atom. The number of thioether (sulfide) groups is 1. The van der Waals surface area contributed by atoms with Gasteiger partial charge in [0.1, 0.15) is 6.54 Å². The van der Waals surface area contributed by atoms with E-state index in [1.807, 2.05) is 12.1 Å². The van der Waals surface area contributed by atoms with Crippen LogP contribution in [0.2, 0.25) is 0 Å². The number of benzene rings is 1. The van der Waals surface area contributed by atoms with E-state index in [4.69, 9.17) is 0 Å². The molecule has 4 nitrogen and oxygen atoms in total. The van der Waals surface area contributed by atoms with Crippen LogP contribution in [0, 0.1) is 0 Å². The molecular formula is C11H10Br2N2O2S. The molecule has 2 amide bonds. The lowest BCUT2D eigenvalue weighted by Crippen LogP contribution is -2.34. The molecule has 1 aliphatic heterocycles. The molecular weight excluding hydrogens is 384 g/mol. The Hall–Kier alpha value is -0.530. The highest BCUT2D eigenvalue weighted by molar-refractivity contribution is 9.11. The van der Waals surface area contributed by atoms with Gasteiger partial charge in [-0.25, -0.2) is 0 Å². The molecule has 96 valence electrons. The Morgan fingerprint density at radius 3 is 2.83 bits per heavy atom. The van der Waals surface area contributed by atoms with Gasteiger partial charge in [0.25, 0.3) is 0 Å². The summed E-state index contributed by atoms with van der Waals surface area (Å²) in [6, 6.07) is 5.50. The lowest BCUT2D eigenvalue weighted by Gasteiger charge is -2.14. The summed E-state index contributed by atoms with van der Waals surface area (Å²) in [6.07, 6.45) is 0. The number of halogens is 2. The molecule has 0 saturated carbocycles. The van der Waals surface area contributed by atoms with Crippen LogP contribution in [-0.4, -0.2) is 34.9 Å². The van der Waals surface area contributed by atoms with Crippen molar-refractivity contribution < 1.29 is 9.59 Å². The molecule has 1 fully saturated rings. The van der Waals surface area contributed by atoms with Gasteiger partial charge in [-0.15, -0.1) is 11.8 Å². The Kier molecular flexibility index (Phi) is 4.69. The van der Waals surface area contributed by atoms with E-state index in [2.05, 4.69) is 37.2 Å². The van der Waals surface area contributed by atoms with Crippen molar-refractivity contribution in [3.63, 3.8) is 0 Å². The minimum atomic E-state index is -0.186. The van der Waals surface area contributed by atoms with Gasteiger partial charge >= 0.3 is 0 Å². The number of amides is 2. The van der Waals surface area contributed by atoms with E-state index in [1.54, 1.807) is 11.0 Å². The van der Waals surface area contributed by atoms with Gasteiger partial charge in [-0.05, 0) is 34.1 Å². The van der Waals surface area contributed by atoms with E-state index in [0.717, 1.165) is 8.95 Å². The van der Waals surface area contributed by atoms with Crippen molar-refractivity contribution >= 4 is 61.1 Å². The largest absolute Gasteiger partial charge is 0.324 e. The van der Waals surface area contributed by atoms with Gasteiger partial charge in [-0.1, -0.05) is 15.9 Å². The van der Waals surface area contributed by atoms with Crippen molar-refractivity contribution in [1.82, 2.24) is 4.90 Å². The zero-order chi connectivity index (χ0) is 13.1. The van der Waals surface area contributed by atoms with Gasteiger partial charge in [0.05, 0.1) is 17.3 Å². The molecule has 2 rings (SSSR count). The van der Waals surface area contributed by atoms with Crippen LogP contribution in [0.1, 0.15) is 0 Å². The summed E-state index contributed by atoms with van der Waals surface area (Å²) in [4.78, 5) is 24.7. The summed E-state index contributed by atoms with van der Waals surface area (Å²) in [5.74, 6) is 0.891. The summed E-state index contributed by atoms with van der Waals surface area (Å²) in [5.41, 5.74) is 0.697. The zero-order valence-electron chi connectivity index (χ0n) is 9.28. The average Bonchev–Trinajstić information content (AvgIpc) is 2.69. The maximum Gasteiger partial charge on any atom is 0.244 e. The fourth-order valence-corrected chi connectivity index (χ4v) is 3.54. The third-order valence-electron chi connectivity index (χ3n) is 2.37. The fourth-order valence-electron chi connectivity index (χ4n) is 1.49. The van der Waals surface area contributed by atoms with Crippen LogP contribution >= 0.6 is 43.6 Å². The SMILES string of the molecule is O=C(CN1CSCC1=O)Nc1ccc(Br)cc1Br. The molecule has 0 atom stereocenters. The molecule has 1 aromatic carbocycles. The van der Waals surface area contributed by atoms with E-state index in [0.29, 0.717) is 17.3 Å². The topological polar surface area (TPSA) is 49.4 Å². The van der Waals surface area contributed by atoms with E-state index in [9.17, 15) is 9.59 Å². The molecule has 1 N–H and O–H groups in total. The van der Waals surface area contributed by atoms with Crippen LogP contribution in [0.5, 0.6) is 0 Å². The minimum absolute atomic E-state index is 0.0185. The average molecular weight is 394 g/mol. The lowest BCUT2D eigenvalue weighted by molar-refractivity contribution is -0.130. The summed E-state index contributed by atoms with van der Waals surface area (Å²) < 4.78 is 1.73. The molecule has 0 radical (unpaired) electrons. The number of carbonyl (C=O) groups is 2. The van der Waals surface area contributed by atoms with Crippen LogP contribution in [-0.2, 0) is 9.59 Å². The molecule has 1 saturated heterocycles. The lowest BCUT2D eigenvalue weighted by atomic mass is 10.3. The number of rotatable bonds is 3. The van der Waals surface area contributed by atoms with Gasteiger partial charge in [0.15, 0.2) is 0 Å². The van der Waals surface area contributed by atoms with Gasteiger partial charge in [0, 0.05) is 8.95 Å². The first-order valence-electron chi connectivity index (χ1n) is 5.16. The number of hydrogen-bond acceptors (Lipinski definition) is 3. The Morgan fingerprint density at radius 1 is 1.44 bits per heavy atom. The quantitative estimate of drug-likeness (QED) is 0.858. The molecule has 0 bridgehead atoms. The Bertz CT molecular complexity index is 496. The van der Waals surface area contributed by atoms with Crippen LogP contribution in [0.3, 0.4) is 0 Å². The van der Waals surface area contributed by atoms with E-state index in [1.165, 1.54) is 11.8 Å². The molecule has 1 aromatic rings. The van der Waals surface area contributed by atoms with Crippen molar-refractivity contribution in [2.24, 2.45) is 0 Å². The van der Waals surface area contributed by atoms with Crippen LogP contribution in [0.25, 0.3) is 0 Å². The van der Waals surface area contributed by atoms with Crippen molar-refractivity contribution in [2.75, 3.05) is 23.5 Å². The fraction of sp³-hybridized carbons (Fsp3) is 0.273. The molecule has 0 aromatic heterocycles. The third kappa shape index (κ3) is 3.49. The zero-order valence-corrected chi connectivity index (χ0v) is 13.3. The maximum absolute atomic E-state index is 11.8. The van der Waals surface area contributed by atoms with Crippen molar-refractivity contribution in [1.29, 1.82) is 0 Å². The second kappa shape index (κ2) is 6.08. The highest BCUT2D eigenvalue weighted by Gasteiger charge is 2.22. The standard InChI is InChI=1S/C11H10Br2N2O2S/c12-7-1-2-9(8(13)3-7)14-10(16)4-15-6-18-5-11(15)17/h1-3H,4-6H2,(H,14,16). The molecule has 0 spiro atoms. The van der Waals surface area contributed by atoms with Gasteiger partial charge in [0.2, 0.25) is 11.8 Å². The van der Waals surface area contributed by atoms with Crippen LogP contribution in [0.15, 0.2) is 27.1 Å². The molecule has 18 heavy (non-hydrogen) atoms. The number of carbonyl (C=O) groups excluding carboxylic acids is 2. The Balaban J connectivity index is 1.96. The monoisotopic (exact) mass is 392 g/mol. The first-order chi connectivity index (χ1) is 8.56. The number of anilines is 1. The highest BCUT2D eigenvalue weighted by Crippen LogP contribution is 2.26. The molecule has 0 unspecified atom stereocenters. The molecule has 1 aliphatic rings. The van der Waals surface area contributed by atoms with Gasteiger partial charge < -0.3 is 10.2 Å². The summed E-state index contributed by atoms with van der Waals surface area (Å²) >= 11 is 8.24. The van der Waals surface area contributed by atoms with E-state index < -0.39 is 0 Å². The maximum atomic E-state index is 11.8. The molecule has 7 heteroatoms. The predicted molar refractivity (Wildman–Crippen MR) is 79.5 cm³/mol. The Labute approximate surface area is 126 Å². The second-order valence-corrected chi connectivity index (χ2v) is 6.47. The number of nitrogens with zero attached hydrogens (tertiary/aromatic N) is 1. The van der Waals surface area contributed by atoms with Gasteiger partial charge in [-0.3, -0.25) is 9.59 Å². The highest BCUT2D eigenvalue weighted by atomic mass is 79.9. The summed E-state index contributed by atoms with van der Waals surface area (Å²) in [5, 5.41) is 2.78. The van der Waals surface area contributed by atoms with Crippen molar-refractivity contribution in [2.45, 2.75) is 0 Å². The van der Waals surface area contributed by atoms with Crippen LogP contribution in [0.4, 0.5) is 5.69 Å². The van der Waals surface area contributed by atoms with Crippen molar-refractivity contribution in [3.05, 3.63) is 27.1 Å². The normalized spacial score (nSPS) is 15.0. The molecule has 1 heterocycles. The second-order valence-electron chi connectivity index (χ2n) is 3.74. The van der Waals surface area contributed by atoms with Crippen LogP contribution < -0.4 is 5.32 Å². The molecule has 0 aliphatic carbocycles. The minimum Gasteiger partial charge on any atom is -0.324 e. The number of nitrogens with one attached hydrogen (secondary N) is 1. The van der Waals surface area contributed by atoms with E-state index >= 15 is 0 Å². The van der Waals surface area contributed by atoms with E-state index in [-0.39, 0.29) is 18.4 Å².